The summed E-state index contributed by atoms with van der Waals surface area (Å²) >= 11 is 0. The number of alkyl halides is 3. The van der Waals surface area contributed by atoms with Gasteiger partial charge in [0.1, 0.15) is 5.75 Å². The summed E-state index contributed by atoms with van der Waals surface area (Å²) in [5.74, 6) is -0.683. The van der Waals surface area contributed by atoms with E-state index in [2.05, 4.69) is 31.9 Å². The van der Waals surface area contributed by atoms with Gasteiger partial charge >= 0.3 is 6.36 Å². The zero-order valence-electron chi connectivity index (χ0n) is 23.3. The molecule has 4 rings (SSSR count). The fourth-order valence-electron chi connectivity index (χ4n) is 4.36. The van der Waals surface area contributed by atoms with Gasteiger partial charge in [-0.1, -0.05) is 24.8 Å². The SMILES string of the molecule is C=CC(=O)Nc1cc(CNc2nccc(-c3cn(C)c4ccccc34)n2)c(OC(F)(F)F)cc1N(C)CCN(C)C. The molecule has 0 unspecified atom stereocenters. The van der Waals surface area contributed by atoms with E-state index in [9.17, 15) is 18.0 Å². The van der Waals surface area contributed by atoms with Gasteiger partial charge < -0.3 is 29.7 Å². The molecule has 0 atom stereocenters. The summed E-state index contributed by atoms with van der Waals surface area (Å²) in [5, 5.41) is 6.71. The Morgan fingerprint density at radius 2 is 1.90 bits per heavy atom. The number of fused-ring (bicyclic) bond motifs is 1. The molecule has 0 saturated carbocycles. The first-order valence-electron chi connectivity index (χ1n) is 12.8. The van der Waals surface area contributed by atoms with Crippen LogP contribution in [-0.4, -0.2) is 65.9 Å². The van der Waals surface area contributed by atoms with Crippen molar-refractivity contribution in [2.75, 3.05) is 49.8 Å². The number of hydrogen-bond acceptors (Lipinski definition) is 7. The van der Waals surface area contributed by atoms with E-state index in [0.717, 1.165) is 22.5 Å². The number of hydrogen-bond donors (Lipinski definition) is 2. The molecule has 0 aliphatic carbocycles. The van der Waals surface area contributed by atoms with E-state index in [1.165, 1.54) is 12.1 Å². The van der Waals surface area contributed by atoms with Crippen molar-refractivity contribution >= 4 is 34.1 Å². The molecule has 1 amide bonds. The standard InChI is InChI=1S/C29H32F3N7O2/c1-6-27(40)35-23-15-19(26(41-29(30,31)32)16-25(23)38(4)14-13-37(2)3)17-34-28-33-12-11-22(36-28)21-18-39(5)24-10-8-7-9-20(21)24/h6-12,15-16,18H,1,13-14,17H2,2-5H3,(H,35,40)(H,33,34,36). The van der Waals surface area contributed by atoms with Crippen LogP contribution in [0.25, 0.3) is 22.2 Å². The van der Waals surface area contributed by atoms with Crippen molar-refractivity contribution in [3.8, 4) is 17.0 Å². The Morgan fingerprint density at radius 1 is 1.15 bits per heavy atom. The summed E-state index contributed by atoms with van der Waals surface area (Å²) in [4.78, 5) is 24.7. The zero-order valence-corrected chi connectivity index (χ0v) is 23.3. The van der Waals surface area contributed by atoms with Crippen molar-refractivity contribution in [3.05, 3.63) is 73.1 Å². The number of nitrogens with one attached hydrogen (secondary N) is 2. The molecular formula is C29H32F3N7O2. The van der Waals surface area contributed by atoms with Gasteiger partial charge in [-0.3, -0.25) is 4.79 Å². The lowest BCUT2D eigenvalue weighted by molar-refractivity contribution is -0.274. The fraction of sp³-hybridized carbons (Fsp3) is 0.276. The highest BCUT2D eigenvalue weighted by molar-refractivity contribution is 6.01. The maximum atomic E-state index is 13.4. The Kier molecular flexibility index (Phi) is 8.82. The quantitative estimate of drug-likeness (QED) is 0.239. The first-order valence-corrected chi connectivity index (χ1v) is 12.8. The van der Waals surface area contributed by atoms with Gasteiger partial charge in [-0.15, -0.1) is 13.2 Å². The number of benzene rings is 2. The average molecular weight is 568 g/mol. The predicted molar refractivity (Wildman–Crippen MR) is 155 cm³/mol. The average Bonchev–Trinajstić information content (AvgIpc) is 3.27. The van der Waals surface area contributed by atoms with E-state index in [4.69, 9.17) is 0 Å². The topological polar surface area (TPSA) is 87.5 Å². The minimum atomic E-state index is -4.93. The predicted octanol–water partition coefficient (Wildman–Crippen LogP) is 5.27. The summed E-state index contributed by atoms with van der Waals surface area (Å²) in [6, 6.07) is 12.4. The second-order valence-electron chi connectivity index (χ2n) is 9.73. The second-order valence-corrected chi connectivity index (χ2v) is 9.73. The summed E-state index contributed by atoms with van der Waals surface area (Å²) in [5.41, 5.74) is 3.41. The third-order valence-corrected chi connectivity index (χ3v) is 6.41. The van der Waals surface area contributed by atoms with Crippen LogP contribution in [0.3, 0.4) is 0 Å². The second kappa shape index (κ2) is 12.3. The lowest BCUT2D eigenvalue weighted by Crippen LogP contribution is -2.29. The van der Waals surface area contributed by atoms with Crippen molar-refractivity contribution < 1.29 is 22.7 Å². The highest BCUT2D eigenvalue weighted by atomic mass is 19.4. The Labute approximate surface area is 236 Å². The molecule has 9 nitrogen and oxygen atoms in total. The Morgan fingerprint density at radius 3 is 2.61 bits per heavy atom. The molecule has 2 N–H and O–H groups in total. The molecule has 4 aromatic rings. The lowest BCUT2D eigenvalue weighted by Gasteiger charge is -2.26. The van der Waals surface area contributed by atoms with Crippen LogP contribution in [-0.2, 0) is 18.4 Å². The number of para-hydroxylation sites is 1. The highest BCUT2D eigenvalue weighted by Crippen LogP contribution is 2.37. The van der Waals surface area contributed by atoms with E-state index in [0.29, 0.717) is 30.2 Å². The number of carbonyl (C=O) groups excluding carboxylic acids is 1. The maximum absolute atomic E-state index is 13.4. The van der Waals surface area contributed by atoms with Crippen molar-refractivity contribution in [1.82, 2.24) is 19.4 Å². The normalized spacial score (nSPS) is 11.5. The fourth-order valence-corrected chi connectivity index (χ4v) is 4.36. The number of likely N-dealkylation sites (N-methyl/N-ethyl adjacent to an activating group) is 2. The van der Waals surface area contributed by atoms with Crippen LogP contribution in [0.2, 0.25) is 0 Å². The van der Waals surface area contributed by atoms with Crippen LogP contribution >= 0.6 is 0 Å². The van der Waals surface area contributed by atoms with Crippen LogP contribution < -0.4 is 20.3 Å². The van der Waals surface area contributed by atoms with Gasteiger partial charge in [0.05, 0.1) is 17.1 Å². The lowest BCUT2D eigenvalue weighted by atomic mass is 10.1. The number of anilines is 3. The molecule has 0 saturated heterocycles. The zero-order chi connectivity index (χ0) is 29.7. The van der Waals surface area contributed by atoms with Crippen molar-refractivity contribution in [2.24, 2.45) is 7.05 Å². The van der Waals surface area contributed by atoms with Crippen LogP contribution in [0.15, 0.2) is 67.5 Å². The molecule has 0 aliphatic rings. The van der Waals surface area contributed by atoms with Crippen molar-refractivity contribution in [2.45, 2.75) is 12.9 Å². The van der Waals surface area contributed by atoms with E-state index in [1.807, 2.05) is 61.1 Å². The van der Waals surface area contributed by atoms with Crippen LogP contribution in [0.1, 0.15) is 5.56 Å². The van der Waals surface area contributed by atoms with Gasteiger partial charge in [-0.2, -0.15) is 0 Å². The van der Waals surface area contributed by atoms with E-state index in [-0.39, 0.29) is 18.1 Å². The number of aromatic nitrogens is 3. The first kappa shape index (κ1) is 29.4. The minimum Gasteiger partial charge on any atom is -0.405 e. The maximum Gasteiger partial charge on any atom is 0.573 e. The Bertz CT molecular complexity index is 1550. The number of halogens is 3. The van der Waals surface area contributed by atoms with Gasteiger partial charge in [0.25, 0.3) is 0 Å². The third-order valence-electron chi connectivity index (χ3n) is 6.41. The molecule has 0 spiro atoms. The molecule has 2 aromatic heterocycles. The molecule has 2 heterocycles. The van der Waals surface area contributed by atoms with Crippen LogP contribution in [0.4, 0.5) is 30.5 Å². The molecule has 0 bridgehead atoms. The highest BCUT2D eigenvalue weighted by Gasteiger charge is 2.33. The Hall–Kier alpha value is -4.58. The number of aryl methyl sites for hydroxylation is 1. The van der Waals surface area contributed by atoms with Gasteiger partial charge in [0.2, 0.25) is 11.9 Å². The third kappa shape index (κ3) is 7.34. The smallest absolute Gasteiger partial charge is 0.405 e. The molecule has 0 radical (unpaired) electrons. The summed E-state index contributed by atoms with van der Waals surface area (Å²) in [6.45, 7) is 4.49. The van der Waals surface area contributed by atoms with Gasteiger partial charge in [-0.25, -0.2) is 9.97 Å². The number of ether oxygens (including phenoxy) is 1. The molecule has 0 fully saturated rings. The van der Waals surface area contributed by atoms with E-state index < -0.39 is 18.0 Å². The molecular weight excluding hydrogens is 535 g/mol. The summed E-state index contributed by atoms with van der Waals surface area (Å²) in [6.07, 6.45) is -0.288. The van der Waals surface area contributed by atoms with Crippen LogP contribution in [0, 0.1) is 0 Å². The first-order chi connectivity index (χ1) is 19.4. The van der Waals surface area contributed by atoms with E-state index >= 15 is 0 Å². The van der Waals surface area contributed by atoms with Gasteiger partial charge in [0, 0.05) is 74.2 Å². The van der Waals surface area contributed by atoms with Crippen LogP contribution in [0.5, 0.6) is 5.75 Å². The number of nitrogens with zero attached hydrogens (tertiary/aromatic N) is 5. The van der Waals surface area contributed by atoms with Gasteiger partial charge in [-0.05, 0) is 38.4 Å². The number of rotatable bonds is 11. The monoisotopic (exact) mass is 567 g/mol. The largest absolute Gasteiger partial charge is 0.573 e. The van der Waals surface area contributed by atoms with Gasteiger partial charge in [0.15, 0.2) is 0 Å². The molecule has 216 valence electrons. The van der Waals surface area contributed by atoms with Crippen molar-refractivity contribution in [3.63, 3.8) is 0 Å². The molecule has 2 aromatic carbocycles. The summed E-state index contributed by atoms with van der Waals surface area (Å²) < 4.78 is 46.7. The van der Waals surface area contributed by atoms with E-state index in [1.54, 1.807) is 24.2 Å². The van der Waals surface area contributed by atoms with Crippen molar-refractivity contribution in [1.29, 1.82) is 0 Å². The molecule has 0 aliphatic heterocycles. The molecule has 12 heteroatoms. The Balaban J connectivity index is 1.68. The minimum absolute atomic E-state index is 0.108. The number of amides is 1. The molecule has 41 heavy (non-hydrogen) atoms. The summed E-state index contributed by atoms with van der Waals surface area (Å²) in [7, 11) is 7.44. The number of carbonyl (C=O) groups is 1.